The quantitative estimate of drug-likeness (QED) is 0.851. The zero-order chi connectivity index (χ0) is 19.8. The summed E-state index contributed by atoms with van der Waals surface area (Å²) in [5.41, 5.74) is 3.72. The Bertz CT molecular complexity index is 881. The maximum Gasteiger partial charge on any atom is 0.225 e. The molecule has 1 N–H and O–H groups in total. The minimum Gasteiger partial charge on any atom is -0.497 e. The van der Waals surface area contributed by atoms with E-state index in [4.69, 9.17) is 4.74 Å². The SMILES string of the molecule is COc1ccc2c(c1)N1CCN(c3ccccc3)C[C@@H]1[C@@H](C(=O)NCC1CC1)C2. The molecule has 0 aromatic heterocycles. The number of nitrogens with zero attached hydrogens (tertiary/aromatic N) is 2. The number of hydrogen-bond acceptors (Lipinski definition) is 4. The standard InChI is InChI=1S/C24H29N3O2/c1-29-20-10-9-18-13-21(24(28)25-15-17-7-8-17)23-16-26(19-5-3-2-4-6-19)11-12-27(23)22(18)14-20/h2-6,9-10,14,17,21,23H,7-8,11-13,15-16H2,1H3,(H,25,28)/t21-,23+/m0/s1. The minimum atomic E-state index is -0.0267. The van der Waals surface area contributed by atoms with Crippen molar-refractivity contribution in [3.8, 4) is 5.75 Å². The topological polar surface area (TPSA) is 44.8 Å². The highest BCUT2D eigenvalue weighted by atomic mass is 16.5. The molecule has 1 saturated heterocycles. The Hall–Kier alpha value is -2.69. The first-order valence-electron chi connectivity index (χ1n) is 10.7. The smallest absolute Gasteiger partial charge is 0.225 e. The van der Waals surface area contributed by atoms with Gasteiger partial charge in [-0.3, -0.25) is 4.79 Å². The maximum atomic E-state index is 13.2. The molecule has 2 aromatic carbocycles. The van der Waals surface area contributed by atoms with E-state index in [-0.39, 0.29) is 17.9 Å². The van der Waals surface area contributed by atoms with Gasteiger partial charge >= 0.3 is 0 Å². The van der Waals surface area contributed by atoms with E-state index in [9.17, 15) is 4.79 Å². The number of nitrogens with one attached hydrogen (secondary N) is 1. The first kappa shape index (κ1) is 18.3. The fourth-order valence-corrected chi connectivity index (χ4v) is 4.78. The molecule has 2 atom stereocenters. The molecule has 5 nitrogen and oxygen atoms in total. The van der Waals surface area contributed by atoms with Crippen molar-refractivity contribution in [2.45, 2.75) is 25.3 Å². The number of carbonyl (C=O) groups is 1. The molecule has 5 heteroatoms. The van der Waals surface area contributed by atoms with Gasteiger partial charge < -0.3 is 19.9 Å². The lowest BCUT2D eigenvalue weighted by Gasteiger charge is -2.49. The van der Waals surface area contributed by atoms with Gasteiger partial charge in [-0.25, -0.2) is 0 Å². The van der Waals surface area contributed by atoms with E-state index in [2.05, 4.69) is 57.6 Å². The molecule has 0 spiro atoms. The lowest BCUT2D eigenvalue weighted by molar-refractivity contribution is -0.125. The highest BCUT2D eigenvalue weighted by Crippen LogP contribution is 2.39. The molecule has 2 aromatic rings. The molecule has 0 unspecified atom stereocenters. The number of rotatable bonds is 5. The number of benzene rings is 2. The van der Waals surface area contributed by atoms with Gasteiger partial charge in [-0.15, -0.1) is 0 Å². The number of piperazine rings is 1. The lowest BCUT2D eigenvalue weighted by atomic mass is 9.83. The van der Waals surface area contributed by atoms with Crippen LogP contribution in [0.25, 0.3) is 0 Å². The number of para-hydroxylation sites is 1. The zero-order valence-corrected chi connectivity index (χ0v) is 17.0. The second-order valence-electron chi connectivity index (χ2n) is 8.54. The molecule has 1 amide bonds. The Labute approximate surface area is 172 Å². The molecule has 0 bridgehead atoms. The summed E-state index contributed by atoms with van der Waals surface area (Å²) in [7, 11) is 1.71. The molecule has 1 aliphatic carbocycles. The Morgan fingerprint density at radius 3 is 2.72 bits per heavy atom. The molecule has 2 heterocycles. The Morgan fingerprint density at radius 2 is 1.97 bits per heavy atom. The van der Waals surface area contributed by atoms with Crippen molar-refractivity contribution in [2.24, 2.45) is 11.8 Å². The highest BCUT2D eigenvalue weighted by Gasteiger charge is 2.42. The van der Waals surface area contributed by atoms with E-state index in [0.717, 1.165) is 38.3 Å². The zero-order valence-electron chi connectivity index (χ0n) is 17.0. The summed E-state index contributed by atoms with van der Waals surface area (Å²) in [6.07, 6.45) is 3.30. The molecule has 2 aliphatic heterocycles. The number of carbonyl (C=O) groups excluding carboxylic acids is 1. The van der Waals surface area contributed by atoms with E-state index in [0.29, 0.717) is 5.92 Å². The fraction of sp³-hybridized carbons (Fsp3) is 0.458. The molecular formula is C24H29N3O2. The van der Waals surface area contributed by atoms with Crippen molar-refractivity contribution in [1.29, 1.82) is 0 Å². The van der Waals surface area contributed by atoms with Gasteiger partial charge in [0.15, 0.2) is 0 Å². The van der Waals surface area contributed by atoms with Gasteiger partial charge in [0.25, 0.3) is 0 Å². The van der Waals surface area contributed by atoms with Gasteiger partial charge in [-0.2, -0.15) is 0 Å². The number of amides is 1. The van der Waals surface area contributed by atoms with Gasteiger partial charge in [0.2, 0.25) is 5.91 Å². The van der Waals surface area contributed by atoms with Crippen LogP contribution >= 0.6 is 0 Å². The average Bonchev–Trinajstić information content (AvgIpc) is 3.61. The number of hydrogen-bond donors (Lipinski definition) is 1. The van der Waals surface area contributed by atoms with E-state index in [1.807, 2.05) is 6.07 Å². The molecule has 5 rings (SSSR count). The highest BCUT2D eigenvalue weighted by molar-refractivity contribution is 5.82. The van der Waals surface area contributed by atoms with Crippen molar-refractivity contribution in [1.82, 2.24) is 5.32 Å². The molecular weight excluding hydrogens is 362 g/mol. The van der Waals surface area contributed by atoms with Crippen LogP contribution in [0.3, 0.4) is 0 Å². The average molecular weight is 392 g/mol. The molecule has 0 radical (unpaired) electrons. The molecule has 3 aliphatic rings. The number of ether oxygens (including phenoxy) is 1. The van der Waals surface area contributed by atoms with Crippen LogP contribution < -0.4 is 19.9 Å². The van der Waals surface area contributed by atoms with Crippen molar-refractivity contribution in [3.63, 3.8) is 0 Å². The van der Waals surface area contributed by atoms with Crippen molar-refractivity contribution in [2.75, 3.05) is 43.1 Å². The number of methoxy groups -OCH3 is 1. The third kappa shape index (κ3) is 3.66. The summed E-state index contributed by atoms with van der Waals surface area (Å²) in [6.45, 7) is 3.56. The first-order chi connectivity index (χ1) is 14.2. The second-order valence-corrected chi connectivity index (χ2v) is 8.54. The van der Waals surface area contributed by atoms with Crippen molar-refractivity contribution >= 4 is 17.3 Å². The predicted octanol–water partition coefficient (Wildman–Crippen LogP) is 3.09. The predicted molar refractivity (Wildman–Crippen MR) is 116 cm³/mol. The molecule has 1 saturated carbocycles. The molecule has 2 fully saturated rings. The van der Waals surface area contributed by atoms with Crippen LogP contribution in [-0.2, 0) is 11.2 Å². The van der Waals surface area contributed by atoms with Crippen LogP contribution in [0.15, 0.2) is 48.5 Å². The van der Waals surface area contributed by atoms with E-state index in [1.54, 1.807) is 7.11 Å². The monoisotopic (exact) mass is 391 g/mol. The van der Waals surface area contributed by atoms with Crippen LogP contribution in [-0.4, -0.2) is 45.2 Å². The van der Waals surface area contributed by atoms with E-state index in [1.165, 1.54) is 29.8 Å². The van der Waals surface area contributed by atoms with Gasteiger partial charge in [-0.1, -0.05) is 24.3 Å². The van der Waals surface area contributed by atoms with Gasteiger partial charge in [-0.05, 0) is 48.9 Å². The minimum absolute atomic E-state index is 0.0267. The normalized spacial score (nSPS) is 23.2. The third-order valence-corrected chi connectivity index (χ3v) is 6.64. The maximum absolute atomic E-state index is 13.2. The Morgan fingerprint density at radius 1 is 1.14 bits per heavy atom. The summed E-state index contributed by atoms with van der Waals surface area (Å²) in [5, 5.41) is 3.25. The van der Waals surface area contributed by atoms with Crippen LogP contribution in [0.5, 0.6) is 5.75 Å². The van der Waals surface area contributed by atoms with Gasteiger partial charge in [0.05, 0.1) is 19.1 Å². The first-order valence-corrected chi connectivity index (χ1v) is 10.7. The van der Waals surface area contributed by atoms with Gasteiger partial charge in [0, 0.05) is 43.6 Å². The largest absolute Gasteiger partial charge is 0.497 e. The Balaban J connectivity index is 1.44. The summed E-state index contributed by atoms with van der Waals surface area (Å²) in [6, 6.07) is 17.0. The summed E-state index contributed by atoms with van der Waals surface area (Å²) in [4.78, 5) is 18.1. The van der Waals surface area contributed by atoms with Crippen LogP contribution in [0.4, 0.5) is 11.4 Å². The summed E-state index contributed by atoms with van der Waals surface area (Å²) >= 11 is 0. The van der Waals surface area contributed by atoms with Crippen LogP contribution in [0.1, 0.15) is 18.4 Å². The summed E-state index contributed by atoms with van der Waals surface area (Å²) < 4.78 is 5.48. The number of anilines is 2. The molecule has 152 valence electrons. The fourth-order valence-electron chi connectivity index (χ4n) is 4.78. The van der Waals surface area contributed by atoms with Gasteiger partial charge in [0.1, 0.15) is 5.75 Å². The van der Waals surface area contributed by atoms with Crippen LogP contribution in [0, 0.1) is 11.8 Å². The lowest BCUT2D eigenvalue weighted by Crippen LogP contribution is -2.61. The van der Waals surface area contributed by atoms with Crippen molar-refractivity contribution in [3.05, 3.63) is 54.1 Å². The van der Waals surface area contributed by atoms with E-state index >= 15 is 0 Å². The third-order valence-electron chi connectivity index (χ3n) is 6.64. The molecule has 29 heavy (non-hydrogen) atoms. The van der Waals surface area contributed by atoms with E-state index < -0.39 is 0 Å². The van der Waals surface area contributed by atoms with Crippen molar-refractivity contribution < 1.29 is 9.53 Å². The summed E-state index contributed by atoms with van der Waals surface area (Å²) in [5.74, 6) is 1.76. The second kappa shape index (κ2) is 7.62. The Kier molecular flexibility index (Phi) is 4.82. The number of fused-ring (bicyclic) bond motifs is 3. The van der Waals surface area contributed by atoms with Crippen LogP contribution in [0.2, 0.25) is 0 Å².